The summed E-state index contributed by atoms with van der Waals surface area (Å²) in [7, 11) is 1.62. The molecule has 0 radical (unpaired) electrons. The second-order valence-electron chi connectivity index (χ2n) is 8.33. The van der Waals surface area contributed by atoms with E-state index in [-0.39, 0.29) is 12.5 Å². The van der Waals surface area contributed by atoms with Gasteiger partial charge in [-0.1, -0.05) is 47.6 Å². The van der Waals surface area contributed by atoms with E-state index in [4.69, 9.17) is 13.7 Å². The van der Waals surface area contributed by atoms with Gasteiger partial charge in [0.15, 0.2) is 0 Å². The van der Waals surface area contributed by atoms with Crippen LogP contribution in [0.3, 0.4) is 0 Å². The van der Waals surface area contributed by atoms with E-state index in [0.717, 1.165) is 22.4 Å². The number of nitrogens with one attached hydrogen (secondary N) is 1. The first-order valence-electron chi connectivity index (χ1n) is 11.4. The van der Waals surface area contributed by atoms with E-state index in [1.807, 2.05) is 67.3 Å². The topological polar surface area (TPSA) is 107 Å². The summed E-state index contributed by atoms with van der Waals surface area (Å²) in [5.74, 6) is 1.17. The van der Waals surface area contributed by atoms with Gasteiger partial charge < -0.3 is 19.0 Å². The highest BCUT2D eigenvalue weighted by Crippen LogP contribution is 2.33. The van der Waals surface area contributed by atoms with E-state index in [0.29, 0.717) is 48.5 Å². The first-order valence-corrected chi connectivity index (χ1v) is 11.4. The lowest BCUT2D eigenvalue weighted by Gasteiger charge is -2.20. The van der Waals surface area contributed by atoms with Gasteiger partial charge in [0.25, 0.3) is 5.89 Å². The molecule has 0 spiro atoms. The number of hydrogen-bond donors (Lipinski definition) is 1. The van der Waals surface area contributed by atoms with Gasteiger partial charge in [-0.05, 0) is 38.0 Å². The van der Waals surface area contributed by atoms with Gasteiger partial charge in [0.1, 0.15) is 17.0 Å². The Hall–Kier alpha value is -3.82. The van der Waals surface area contributed by atoms with Gasteiger partial charge in [-0.2, -0.15) is 0 Å². The Labute approximate surface area is 204 Å². The van der Waals surface area contributed by atoms with Gasteiger partial charge in [-0.25, -0.2) is 0 Å². The summed E-state index contributed by atoms with van der Waals surface area (Å²) in [5.41, 5.74) is 5.16. The summed E-state index contributed by atoms with van der Waals surface area (Å²) in [5, 5.41) is 15.6. The minimum Gasteiger partial charge on any atom is -0.419 e. The molecule has 1 N–H and O–H groups in total. The van der Waals surface area contributed by atoms with Gasteiger partial charge in [0.05, 0.1) is 19.7 Å². The van der Waals surface area contributed by atoms with Gasteiger partial charge >= 0.3 is 0 Å². The van der Waals surface area contributed by atoms with Crippen molar-refractivity contribution < 1.29 is 18.5 Å². The largest absolute Gasteiger partial charge is 0.419 e. The summed E-state index contributed by atoms with van der Waals surface area (Å²) in [4.78, 5) is 14.7. The maximum absolute atomic E-state index is 12.8. The molecule has 0 aliphatic rings. The second kappa shape index (κ2) is 11.1. The number of benzene rings is 2. The van der Waals surface area contributed by atoms with E-state index in [1.54, 1.807) is 14.0 Å². The zero-order chi connectivity index (χ0) is 24.8. The van der Waals surface area contributed by atoms with Gasteiger partial charge in [-0.15, -0.1) is 10.2 Å². The average molecular weight is 476 g/mol. The number of anilines is 1. The number of aryl methyl sites for hydroxylation is 2. The third kappa shape index (κ3) is 5.82. The van der Waals surface area contributed by atoms with Crippen molar-refractivity contribution >= 4 is 11.6 Å². The Kier molecular flexibility index (Phi) is 7.69. The molecule has 4 aromatic rings. The molecule has 1 amide bonds. The zero-order valence-electron chi connectivity index (χ0n) is 20.4. The molecule has 0 aliphatic heterocycles. The number of amides is 1. The second-order valence-corrected chi connectivity index (χ2v) is 8.33. The van der Waals surface area contributed by atoms with Gasteiger partial charge in [0, 0.05) is 24.9 Å². The molecule has 2 heterocycles. The Morgan fingerprint density at radius 3 is 2.63 bits per heavy atom. The SMILES string of the molecule is COCCN(CC(=O)Nc1cccc(C)c1C)Cc1nnc(-c2c(-c3ccccc3)noc2C)o1. The molecule has 0 saturated heterocycles. The molecular formula is C26H29N5O4. The Morgan fingerprint density at radius 1 is 1.06 bits per heavy atom. The van der Waals surface area contributed by atoms with Crippen LogP contribution in [0.1, 0.15) is 22.8 Å². The number of ether oxygens (including phenoxy) is 1. The van der Waals surface area contributed by atoms with Crippen LogP contribution in [0.5, 0.6) is 0 Å². The third-order valence-electron chi connectivity index (χ3n) is 5.81. The van der Waals surface area contributed by atoms with Gasteiger partial charge in [-0.3, -0.25) is 9.69 Å². The van der Waals surface area contributed by atoms with E-state index in [9.17, 15) is 4.79 Å². The number of rotatable bonds is 10. The molecule has 9 nitrogen and oxygen atoms in total. The summed E-state index contributed by atoms with van der Waals surface area (Å²) in [6.45, 7) is 7.24. The van der Waals surface area contributed by atoms with Crippen LogP contribution in [0, 0.1) is 20.8 Å². The molecule has 0 aliphatic carbocycles. The standard InChI is InChI=1S/C26H29N5O4/c1-17-9-8-12-21(18(17)2)27-22(32)15-31(13-14-33-4)16-23-28-29-26(34-23)24-19(3)35-30-25(24)20-10-6-5-7-11-20/h5-12H,13-16H2,1-4H3,(H,27,32). The Balaban J connectivity index is 1.49. The van der Waals surface area contributed by atoms with Crippen LogP contribution in [-0.2, 0) is 16.1 Å². The number of carbonyl (C=O) groups excluding carboxylic acids is 1. The number of hydrogen-bond acceptors (Lipinski definition) is 8. The molecular weight excluding hydrogens is 446 g/mol. The molecule has 0 bridgehead atoms. The molecule has 0 fully saturated rings. The first-order chi connectivity index (χ1) is 17.0. The molecule has 0 unspecified atom stereocenters. The van der Waals surface area contributed by atoms with Crippen molar-refractivity contribution in [1.29, 1.82) is 0 Å². The average Bonchev–Trinajstić information content (AvgIpc) is 3.47. The highest BCUT2D eigenvalue weighted by molar-refractivity contribution is 5.93. The lowest BCUT2D eigenvalue weighted by Crippen LogP contribution is -2.35. The monoisotopic (exact) mass is 475 g/mol. The maximum atomic E-state index is 12.8. The number of aromatic nitrogens is 3. The summed E-state index contributed by atoms with van der Waals surface area (Å²) in [6, 6.07) is 15.5. The predicted octanol–water partition coefficient (Wildman–Crippen LogP) is 4.40. The lowest BCUT2D eigenvalue weighted by molar-refractivity contribution is -0.117. The summed E-state index contributed by atoms with van der Waals surface area (Å²) in [6.07, 6.45) is 0. The first kappa shape index (κ1) is 24.3. The van der Waals surface area contributed by atoms with Crippen LogP contribution >= 0.6 is 0 Å². The lowest BCUT2D eigenvalue weighted by atomic mass is 10.1. The van der Waals surface area contributed by atoms with Crippen LogP contribution in [0.15, 0.2) is 57.5 Å². The van der Waals surface area contributed by atoms with E-state index in [2.05, 4.69) is 20.7 Å². The smallest absolute Gasteiger partial charge is 0.253 e. The fourth-order valence-corrected chi connectivity index (χ4v) is 3.74. The van der Waals surface area contributed by atoms with Crippen molar-refractivity contribution in [2.24, 2.45) is 0 Å². The maximum Gasteiger partial charge on any atom is 0.253 e. The van der Waals surface area contributed by atoms with E-state index >= 15 is 0 Å². The van der Waals surface area contributed by atoms with Crippen molar-refractivity contribution in [2.45, 2.75) is 27.3 Å². The van der Waals surface area contributed by atoms with E-state index < -0.39 is 0 Å². The predicted molar refractivity (Wildman–Crippen MR) is 132 cm³/mol. The molecule has 2 aromatic carbocycles. The van der Waals surface area contributed by atoms with Gasteiger partial charge in [0.2, 0.25) is 11.8 Å². The minimum atomic E-state index is -0.129. The molecule has 9 heteroatoms. The van der Waals surface area contributed by atoms with Crippen LogP contribution in [0.2, 0.25) is 0 Å². The number of nitrogens with zero attached hydrogens (tertiary/aromatic N) is 4. The molecule has 2 aromatic heterocycles. The fourth-order valence-electron chi connectivity index (χ4n) is 3.74. The van der Waals surface area contributed by atoms with Crippen LogP contribution in [0.4, 0.5) is 5.69 Å². The van der Waals surface area contributed by atoms with Crippen LogP contribution in [-0.4, -0.2) is 53.0 Å². The van der Waals surface area contributed by atoms with Crippen molar-refractivity contribution in [3.05, 3.63) is 71.3 Å². The molecule has 182 valence electrons. The Morgan fingerprint density at radius 2 is 1.86 bits per heavy atom. The quantitative estimate of drug-likeness (QED) is 0.360. The number of carbonyl (C=O) groups is 1. The van der Waals surface area contributed by atoms with Crippen LogP contribution < -0.4 is 5.32 Å². The molecule has 35 heavy (non-hydrogen) atoms. The molecule has 0 saturated carbocycles. The third-order valence-corrected chi connectivity index (χ3v) is 5.81. The number of methoxy groups -OCH3 is 1. The minimum absolute atomic E-state index is 0.129. The van der Waals surface area contributed by atoms with Crippen molar-refractivity contribution in [3.63, 3.8) is 0 Å². The van der Waals surface area contributed by atoms with Crippen molar-refractivity contribution in [1.82, 2.24) is 20.3 Å². The highest BCUT2D eigenvalue weighted by Gasteiger charge is 2.23. The van der Waals surface area contributed by atoms with E-state index in [1.165, 1.54) is 0 Å². The van der Waals surface area contributed by atoms with Crippen molar-refractivity contribution in [2.75, 3.05) is 32.1 Å². The van der Waals surface area contributed by atoms with Crippen LogP contribution in [0.25, 0.3) is 22.7 Å². The molecule has 0 atom stereocenters. The normalized spacial score (nSPS) is 11.2. The fraction of sp³-hybridized carbons (Fsp3) is 0.308. The Bertz CT molecular complexity index is 1280. The summed E-state index contributed by atoms with van der Waals surface area (Å²) < 4.78 is 16.6. The van der Waals surface area contributed by atoms with Crippen molar-refractivity contribution in [3.8, 4) is 22.7 Å². The zero-order valence-corrected chi connectivity index (χ0v) is 20.4. The molecule has 4 rings (SSSR count). The summed E-state index contributed by atoms with van der Waals surface area (Å²) >= 11 is 0. The highest BCUT2D eigenvalue weighted by atomic mass is 16.5.